The van der Waals surface area contributed by atoms with Gasteiger partial charge in [0.25, 0.3) is 0 Å². The fourth-order valence-electron chi connectivity index (χ4n) is 2.27. The molecule has 5 nitrogen and oxygen atoms in total. The van der Waals surface area contributed by atoms with Gasteiger partial charge in [-0.05, 0) is 11.6 Å². The van der Waals surface area contributed by atoms with E-state index in [0.29, 0.717) is 28.4 Å². The lowest BCUT2D eigenvalue weighted by Gasteiger charge is -2.40. The minimum Gasteiger partial charge on any atom is -0.382 e. The minimum atomic E-state index is -1.07. The van der Waals surface area contributed by atoms with Crippen LogP contribution >= 0.6 is 34.2 Å². The number of nitrogen functional groups attached to an aromatic ring is 1. The predicted octanol–water partition coefficient (Wildman–Crippen LogP) is 2.54. The first-order valence-electron chi connectivity index (χ1n) is 5.43. The third-order valence-electron chi connectivity index (χ3n) is 3.26. The Kier molecular flexibility index (Phi) is 2.85. The van der Waals surface area contributed by atoms with Gasteiger partial charge in [-0.2, -0.15) is 9.97 Å². The van der Waals surface area contributed by atoms with Gasteiger partial charge in [-0.15, -0.1) is 0 Å². The zero-order valence-corrected chi connectivity index (χ0v) is 12.2. The summed E-state index contributed by atoms with van der Waals surface area (Å²) in [6.45, 7) is 0. The molecular weight excluding hydrogens is 372 g/mol. The van der Waals surface area contributed by atoms with Gasteiger partial charge in [0.2, 0.25) is 5.28 Å². The molecule has 1 aliphatic carbocycles. The lowest BCUT2D eigenvalue weighted by Crippen LogP contribution is -2.42. The first-order valence-corrected chi connectivity index (χ1v) is 7.33. The first kappa shape index (κ1) is 12.3. The van der Waals surface area contributed by atoms with Crippen molar-refractivity contribution >= 4 is 51.2 Å². The largest absolute Gasteiger partial charge is 0.382 e. The highest BCUT2D eigenvalue weighted by atomic mass is 127. The first-order chi connectivity index (χ1) is 8.52. The maximum atomic E-state index is 13.9. The van der Waals surface area contributed by atoms with Crippen molar-refractivity contribution in [2.75, 3.05) is 10.2 Å². The average Bonchev–Trinajstić information content (AvgIpc) is 2.68. The monoisotopic (exact) mass is 381 g/mol. The van der Waals surface area contributed by atoms with Crippen molar-refractivity contribution in [3.8, 4) is 0 Å². The number of alkyl halides is 2. The van der Waals surface area contributed by atoms with E-state index < -0.39 is 5.67 Å². The van der Waals surface area contributed by atoms with Crippen molar-refractivity contribution in [2.24, 2.45) is 0 Å². The maximum Gasteiger partial charge on any atom is 0.226 e. The standard InChI is InChI=1S/C10H10ClFIN5/c11-9-16-7(14)6-8(17-9)18(4-15-6)5-1-10(12,2-5)3-13/h4-5H,1-3H2,(H2,14,16,17). The van der Waals surface area contributed by atoms with Gasteiger partial charge in [0.15, 0.2) is 11.5 Å². The summed E-state index contributed by atoms with van der Waals surface area (Å²) in [5.41, 5.74) is 5.75. The molecule has 0 spiro atoms. The van der Waals surface area contributed by atoms with Gasteiger partial charge in [-0.25, -0.2) is 9.37 Å². The molecule has 0 atom stereocenters. The zero-order valence-electron chi connectivity index (χ0n) is 9.28. The van der Waals surface area contributed by atoms with E-state index in [-0.39, 0.29) is 17.1 Å². The normalized spacial score (nSPS) is 27.4. The van der Waals surface area contributed by atoms with Gasteiger partial charge < -0.3 is 10.3 Å². The molecule has 2 aromatic rings. The number of anilines is 1. The summed E-state index contributed by atoms with van der Waals surface area (Å²) in [6, 6.07) is 0.0696. The van der Waals surface area contributed by atoms with Crippen LogP contribution in [-0.2, 0) is 0 Å². The van der Waals surface area contributed by atoms with E-state index in [4.69, 9.17) is 17.3 Å². The Morgan fingerprint density at radius 2 is 2.28 bits per heavy atom. The highest BCUT2D eigenvalue weighted by molar-refractivity contribution is 14.1. The van der Waals surface area contributed by atoms with Crippen molar-refractivity contribution in [3.63, 3.8) is 0 Å². The molecule has 2 heterocycles. The summed E-state index contributed by atoms with van der Waals surface area (Å²) in [4.78, 5) is 12.1. The summed E-state index contributed by atoms with van der Waals surface area (Å²) in [5.74, 6) is 0.253. The second-order valence-corrected chi connectivity index (χ2v) is 5.65. The molecule has 2 aromatic heterocycles. The summed E-state index contributed by atoms with van der Waals surface area (Å²) in [5, 5.41) is 0.0847. The van der Waals surface area contributed by atoms with Crippen LogP contribution in [0.3, 0.4) is 0 Å². The molecule has 1 aliphatic rings. The Morgan fingerprint density at radius 1 is 1.56 bits per heavy atom. The third kappa shape index (κ3) is 1.83. The topological polar surface area (TPSA) is 69.6 Å². The fraction of sp³-hybridized carbons (Fsp3) is 0.500. The molecule has 0 amide bonds. The van der Waals surface area contributed by atoms with Crippen LogP contribution in [0.25, 0.3) is 11.2 Å². The van der Waals surface area contributed by atoms with Crippen molar-refractivity contribution in [1.29, 1.82) is 0 Å². The smallest absolute Gasteiger partial charge is 0.226 e. The molecular formula is C10H10ClFIN5. The van der Waals surface area contributed by atoms with Crippen molar-refractivity contribution in [1.82, 2.24) is 19.5 Å². The number of hydrogen-bond donors (Lipinski definition) is 1. The summed E-state index contributed by atoms with van der Waals surface area (Å²) < 4.78 is 16.3. The number of rotatable bonds is 2. The van der Waals surface area contributed by atoms with Crippen LogP contribution in [0.1, 0.15) is 18.9 Å². The lowest BCUT2D eigenvalue weighted by molar-refractivity contribution is 0.0411. The molecule has 3 rings (SSSR count). The van der Waals surface area contributed by atoms with Crippen LogP contribution < -0.4 is 5.73 Å². The summed E-state index contributed by atoms with van der Waals surface area (Å²) in [6.07, 6.45) is 2.58. The Balaban J connectivity index is 2.00. The molecule has 18 heavy (non-hydrogen) atoms. The van der Waals surface area contributed by atoms with Crippen LogP contribution in [0, 0.1) is 0 Å². The van der Waals surface area contributed by atoms with E-state index in [0.717, 1.165) is 0 Å². The molecule has 0 aliphatic heterocycles. The van der Waals surface area contributed by atoms with E-state index in [1.807, 2.05) is 4.57 Å². The van der Waals surface area contributed by atoms with Crippen LogP contribution in [0.2, 0.25) is 5.28 Å². The van der Waals surface area contributed by atoms with Gasteiger partial charge in [0.05, 0.1) is 6.33 Å². The molecule has 96 valence electrons. The van der Waals surface area contributed by atoms with Crippen LogP contribution in [-0.4, -0.2) is 29.6 Å². The average molecular weight is 382 g/mol. The van der Waals surface area contributed by atoms with Crippen LogP contribution in [0.5, 0.6) is 0 Å². The second-order valence-electron chi connectivity index (χ2n) is 4.55. The highest BCUT2D eigenvalue weighted by Gasteiger charge is 2.45. The Hall–Kier alpha value is -0.700. The molecule has 0 unspecified atom stereocenters. The van der Waals surface area contributed by atoms with E-state index in [1.165, 1.54) is 0 Å². The Labute approximate surface area is 121 Å². The van der Waals surface area contributed by atoms with E-state index in [9.17, 15) is 4.39 Å². The number of halogens is 3. The highest BCUT2D eigenvalue weighted by Crippen LogP contribution is 2.46. The second kappa shape index (κ2) is 4.16. The van der Waals surface area contributed by atoms with Crippen LogP contribution in [0.4, 0.5) is 10.2 Å². The lowest BCUT2D eigenvalue weighted by atomic mass is 9.78. The van der Waals surface area contributed by atoms with Crippen molar-refractivity contribution < 1.29 is 4.39 Å². The third-order valence-corrected chi connectivity index (χ3v) is 4.79. The van der Waals surface area contributed by atoms with Gasteiger partial charge in [0, 0.05) is 23.3 Å². The number of nitrogens with zero attached hydrogens (tertiary/aromatic N) is 4. The number of aromatic nitrogens is 4. The molecule has 8 heteroatoms. The molecule has 1 saturated carbocycles. The van der Waals surface area contributed by atoms with Crippen LogP contribution in [0.15, 0.2) is 6.33 Å². The molecule has 2 N–H and O–H groups in total. The van der Waals surface area contributed by atoms with E-state index in [1.54, 1.807) is 6.33 Å². The molecule has 0 saturated heterocycles. The fourth-order valence-corrected chi connectivity index (χ4v) is 3.06. The van der Waals surface area contributed by atoms with E-state index in [2.05, 4.69) is 37.5 Å². The number of nitrogens with two attached hydrogens (primary N) is 1. The van der Waals surface area contributed by atoms with E-state index >= 15 is 0 Å². The van der Waals surface area contributed by atoms with Gasteiger partial charge in [-0.3, -0.25) is 0 Å². The molecule has 0 radical (unpaired) electrons. The summed E-state index contributed by atoms with van der Waals surface area (Å²) >= 11 is 7.85. The quantitative estimate of drug-likeness (QED) is 0.493. The zero-order chi connectivity index (χ0) is 12.9. The maximum absolute atomic E-state index is 13.9. The minimum absolute atomic E-state index is 0.0696. The molecule has 1 fully saturated rings. The number of imidazole rings is 1. The summed E-state index contributed by atoms with van der Waals surface area (Å²) in [7, 11) is 0. The van der Waals surface area contributed by atoms with Gasteiger partial charge in [0.1, 0.15) is 11.2 Å². The Morgan fingerprint density at radius 3 is 2.94 bits per heavy atom. The number of hydrogen-bond acceptors (Lipinski definition) is 4. The Bertz CT molecular complexity index is 610. The predicted molar refractivity (Wildman–Crippen MR) is 75.7 cm³/mol. The molecule has 0 bridgehead atoms. The number of fused-ring (bicyclic) bond motifs is 1. The van der Waals surface area contributed by atoms with Gasteiger partial charge in [-0.1, -0.05) is 22.6 Å². The molecule has 0 aromatic carbocycles. The van der Waals surface area contributed by atoms with Crippen molar-refractivity contribution in [2.45, 2.75) is 24.6 Å². The van der Waals surface area contributed by atoms with Gasteiger partial charge >= 0.3 is 0 Å². The SMILES string of the molecule is Nc1nc(Cl)nc2c1ncn2C1CC(F)(CI)C1. The van der Waals surface area contributed by atoms with Crippen molar-refractivity contribution in [3.05, 3.63) is 11.6 Å².